The standard InChI is InChI=1S/C25H24N4O4S2/c1-15(30)26-16-8-10-17(11-9-16)27-21(31)14-34-25-28-23-22(19-6-2-3-7-20(19)35-23)24(32)29(25)13-18-5-4-12-33-18/h4-5,8-12H,2-3,6-7,13-14H2,1H3,(H,26,30)(H,27,31). The summed E-state index contributed by atoms with van der Waals surface area (Å²) in [6.45, 7) is 1.70. The van der Waals surface area contributed by atoms with Crippen molar-refractivity contribution in [3.8, 4) is 0 Å². The van der Waals surface area contributed by atoms with Crippen LogP contribution in [0.2, 0.25) is 0 Å². The molecule has 1 aromatic carbocycles. The van der Waals surface area contributed by atoms with Crippen molar-refractivity contribution in [3.05, 3.63) is 69.2 Å². The fourth-order valence-corrected chi connectivity index (χ4v) is 6.30. The van der Waals surface area contributed by atoms with Gasteiger partial charge in [-0.2, -0.15) is 0 Å². The maximum Gasteiger partial charge on any atom is 0.263 e. The average Bonchev–Trinajstić information content (AvgIpc) is 3.48. The van der Waals surface area contributed by atoms with Crippen molar-refractivity contribution < 1.29 is 14.0 Å². The van der Waals surface area contributed by atoms with Crippen molar-refractivity contribution in [2.24, 2.45) is 0 Å². The van der Waals surface area contributed by atoms with Crippen LogP contribution in [0.15, 0.2) is 57.0 Å². The molecule has 0 aliphatic heterocycles. The van der Waals surface area contributed by atoms with E-state index in [1.54, 1.807) is 52.5 Å². The predicted molar refractivity (Wildman–Crippen MR) is 138 cm³/mol. The van der Waals surface area contributed by atoms with Crippen LogP contribution in [0, 0.1) is 0 Å². The van der Waals surface area contributed by atoms with Crippen molar-refractivity contribution in [2.45, 2.75) is 44.3 Å². The van der Waals surface area contributed by atoms with E-state index in [9.17, 15) is 14.4 Å². The number of furan rings is 1. The highest BCUT2D eigenvalue weighted by atomic mass is 32.2. The topological polar surface area (TPSA) is 106 Å². The molecule has 35 heavy (non-hydrogen) atoms. The van der Waals surface area contributed by atoms with Gasteiger partial charge in [0.2, 0.25) is 11.8 Å². The van der Waals surface area contributed by atoms with E-state index in [-0.39, 0.29) is 29.7 Å². The molecular weight excluding hydrogens is 484 g/mol. The summed E-state index contributed by atoms with van der Waals surface area (Å²) in [5.74, 6) is 0.374. The second-order valence-electron chi connectivity index (χ2n) is 8.35. The number of aryl methyl sites for hydroxylation is 2. The zero-order valence-corrected chi connectivity index (χ0v) is 20.8. The smallest absolute Gasteiger partial charge is 0.263 e. The third kappa shape index (κ3) is 5.18. The lowest BCUT2D eigenvalue weighted by atomic mass is 9.97. The van der Waals surface area contributed by atoms with Crippen LogP contribution < -0.4 is 16.2 Å². The number of nitrogens with one attached hydrogen (secondary N) is 2. The summed E-state index contributed by atoms with van der Waals surface area (Å²) in [4.78, 5) is 44.2. The highest BCUT2D eigenvalue weighted by Crippen LogP contribution is 2.35. The molecule has 4 aromatic rings. The molecule has 0 radical (unpaired) electrons. The molecule has 1 aliphatic rings. The Labute approximate surface area is 209 Å². The maximum absolute atomic E-state index is 13.6. The number of benzene rings is 1. The van der Waals surface area contributed by atoms with Crippen LogP contribution in [0.1, 0.15) is 36.0 Å². The number of hydrogen-bond acceptors (Lipinski definition) is 7. The molecule has 0 spiro atoms. The summed E-state index contributed by atoms with van der Waals surface area (Å²) in [5.41, 5.74) is 2.33. The maximum atomic E-state index is 13.6. The van der Waals surface area contributed by atoms with Crippen LogP contribution in [0.3, 0.4) is 0 Å². The minimum Gasteiger partial charge on any atom is -0.467 e. The lowest BCUT2D eigenvalue weighted by Crippen LogP contribution is -2.25. The van der Waals surface area contributed by atoms with Gasteiger partial charge in [0, 0.05) is 23.2 Å². The quantitative estimate of drug-likeness (QED) is 0.278. The van der Waals surface area contributed by atoms with Gasteiger partial charge in [0.1, 0.15) is 10.6 Å². The van der Waals surface area contributed by atoms with Gasteiger partial charge in [0.05, 0.1) is 23.9 Å². The lowest BCUT2D eigenvalue weighted by Gasteiger charge is -2.13. The van der Waals surface area contributed by atoms with Crippen LogP contribution in [-0.4, -0.2) is 27.1 Å². The number of carbonyl (C=O) groups excluding carboxylic acids is 2. The van der Waals surface area contributed by atoms with Gasteiger partial charge >= 0.3 is 0 Å². The van der Waals surface area contributed by atoms with E-state index in [2.05, 4.69) is 10.6 Å². The number of amides is 2. The Morgan fingerprint density at radius 3 is 2.57 bits per heavy atom. The fraction of sp³-hybridized carbons (Fsp3) is 0.280. The summed E-state index contributed by atoms with van der Waals surface area (Å²) in [6.07, 6.45) is 5.69. The molecule has 0 fully saturated rings. The monoisotopic (exact) mass is 508 g/mol. The first kappa shape index (κ1) is 23.4. The molecule has 180 valence electrons. The van der Waals surface area contributed by atoms with Gasteiger partial charge in [-0.1, -0.05) is 11.8 Å². The zero-order valence-electron chi connectivity index (χ0n) is 19.1. The number of rotatable bonds is 7. The minimum absolute atomic E-state index is 0.0812. The average molecular weight is 509 g/mol. The second-order valence-corrected chi connectivity index (χ2v) is 10.4. The van der Waals surface area contributed by atoms with Crippen LogP contribution >= 0.6 is 23.1 Å². The fourth-order valence-electron chi connectivity index (χ4n) is 4.20. The third-order valence-electron chi connectivity index (χ3n) is 5.76. The Bertz CT molecular complexity index is 1440. The number of aromatic nitrogens is 2. The van der Waals surface area contributed by atoms with Gasteiger partial charge in [-0.25, -0.2) is 4.98 Å². The molecule has 0 bridgehead atoms. The largest absolute Gasteiger partial charge is 0.467 e. The molecule has 2 N–H and O–H groups in total. The Morgan fingerprint density at radius 2 is 1.86 bits per heavy atom. The lowest BCUT2D eigenvalue weighted by molar-refractivity contribution is -0.114. The summed E-state index contributed by atoms with van der Waals surface area (Å²) in [6, 6.07) is 10.5. The Kier molecular flexibility index (Phi) is 6.74. The van der Waals surface area contributed by atoms with Gasteiger partial charge in [-0.15, -0.1) is 11.3 Å². The van der Waals surface area contributed by atoms with Crippen LogP contribution in [0.5, 0.6) is 0 Å². The van der Waals surface area contributed by atoms with E-state index in [1.807, 2.05) is 6.07 Å². The molecule has 0 saturated heterocycles. The first-order valence-electron chi connectivity index (χ1n) is 11.4. The first-order valence-corrected chi connectivity index (χ1v) is 13.2. The molecule has 0 atom stereocenters. The Hall–Kier alpha value is -3.37. The molecule has 5 rings (SSSR count). The van der Waals surface area contributed by atoms with E-state index < -0.39 is 0 Å². The molecule has 0 saturated carbocycles. The summed E-state index contributed by atoms with van der Waals surface area (Å²) >= 11 is 2.83. The van der Waals surface area contributed by atoms with E-state index in [4.69, 9.17) is 9.40 Å². The van der Waals surface area contributed by atoms with E-state index in [1.165, 1.54) is 23.6 Å². The van der Waals surface area contributed by atoms with Gasteiger partial charge < -0.3 is 15.1 Å². The van der Waals surface area contributed by atoms with Crippen molar-refractivity contribution in [1.82, 2.24) is 9.55 Å². The SMILES string of the molecule is CC(=O)Nc1ccc(NC(=O)CSc2nc3sc4c(c3c(=O)n2Cc2ccco2)CCCC4)cc1. The van der Waals surface area contributed by atoms with Gasteiger partial charge in [0.15, 0.2) is 5.16 Å². The summed E-state index contributed by atoms with van der Waals surface area (Å²) < 4.78 is 7.11. The van der Waals surface area contributed by atoms with Crippen LogP contribution in [0.25, 0.3) is 10.2 Å². The number of anilines is 2. The third-order valence-corrected chi connectivity index (χ3v) is 7.92. The number of hydrogen-bond donors (Lipinski definition) is 2. The summed E-state index contributed by atoms with van der Waals surface area (Å²) in [5, 5.41) is 6.74. The summed E-state index contributed by atoms with van der Waals surface area (Å²) in [7, 11) is 0. The predicted octanol–water partition coefficient (Wildman–Crippen LogP) is 4.67. The van der Waals surface area contributed by atoms with Crippen molar-refractivity contribution in [1.29, 1.82) is 0 Å². The molecule has 1 aliphatic carbocycles. The van der Waals surface area contributed by atoms with Gasteiger partial charge in [0.25, 0.3) is 5.56 Å². The molecule has 0 unspecified atom stereocenters. The molecule has 8 nitrogen and oxygen atoms in total. The highest BCUT2D eigenvalue weighted by molar-refractivity contribution is 7.99. The normalized spacial score (nSPS) is 12.9. The highest BCUT2D eigenvalue weighted by Gasteiger charge is 2.23. The number of carbonyl (C=O) groups is 2. The van der Waals surface area contributed by atoms with Crippen molar-refractivity contribution >= 4 is 56.5 Å². The Morgan fingerprint density at radius 1 is 1.11 bits per heavy atom. The first-order chi connectivity index (χ1) is 17.0. The van der Waals surface area contributed by atoms with Gasteiger partial charge in [-0.05, 0) is 67.6 Å². The number of nitrogens with zero attached hydrogens (tertiary/aromatic N) is 2. The van der Waals surface area contributed by atoms with Crippen LogP contribution in [0.4, 0.5) is 11.4 Å². The van der Waals surface area contributed by atoms with Crippen molar-refractivity contribution in [3.63, 3.8) is 0 Å². The number of thiophene rings is 1. The second kappa shape index (κ2) is 10.1. The number of fused-ring (bicyclic) bond motifs is 3. The Balaban J connectivity index is 1.38. The zero-order chi connectivity index (χ0) is 24.4. The van der Waals surface area contributed by atoms with Crippen molar-refractivity contribution in [2.75, 3.05) is 16.4 Å². The molecule has 10 heteroatoms. The number of thioether (sulfide) groups is 1. The minimum atomic E-state index is -0.216. The van der Waals surface area contributed by atoms with E-state index in [0.29, 0.717) is 27.7 Å². The van der Waals surface area contributed by atoms with Crippen LogP contribution in [-0.2, 0) is 29.0 Å². The molecule has 2 amide bonds. The molecular formula is C25H24N4O4S2. The van der Waals surface area contributed by atoms with Gasteiger partial charge in [-0.3, -0.25) is 19.0 Å². The molecule has 3 heterocycles. The van der Waals surface area contributed by atoms with E-state index in [0.717, 1.165) is 36.1 Å². The van der Waals surface area contributed by atoms with E-state index >= 15 is 0 Å². The molecule has 3 aromatic heterocycles.